The van der Waals surface area contributed by atoms with Gasteiger partial charge in [0.2, 0.25) is 0 Å². The first-order valence-corrected chi connectivity index (χ1v) is 6.19. The zero-order chi connectivity index (χ0) is 11.2. The van der Waals surface area contributed by atoms with Crippen molar-refractivity contribution >= 4 is 0 Å². The van der Waals surface area contributed by atoms with E-state index < -0.39 is 0 Å². The van der Waals surface area contributed by atoms with Crippen LogP contribution in [0.3, 0.4) is 0 Å². The number of hydrogen-bond acceptors (Lipinski definition) is 3. The standard InChI is InChI=1S/C12H20N4/c1-15-6-2-3-11(9-15)16-8-10(7-14-16)12(13)4-5-12/h7-8,11H,2-6,9,13H2,1H3. The van der Waals surface area contributed by atoms with E-state index in [0.29, 0.717) is 6.04 Å². The molecule has 0 amide bonds. The Balaban J connectivity index is 1.76. The second-order valence-corrected chi connectivity index (χ2v) is 5.42. The lowest BCUT2D eigenvalue weighted by molar-refractivity contribution is 0.202. The van der Waals surface area contributed by atoms with Gasteiger partial charge in [-0.25, -0.2) is 0 Å². The molecule has 4 nitrogen and oxygen atoms in total. The lowest BCUT2D eigenvalue weighted by atomic mass is 10.1. The third-order valence-electron chi connectivity index (χ3n) is 3.94. The van der Waals surface area contributed by atoms with Crippen molar-refractivity contribution in [3.8, 4) is 0 Å². The highest BCUT2D eigenvalue weighted by Gasteiger charge is 2.41. The van der Waals surface area contributed by atoms with Crippen molar-refractivity contribution in [1.29, 1.82) is 0 Å². The van der Waals surface area contributed by atoms with E-state index in [2.05, 4.69) is 27.9 Å². The quantitative estimate of drug-likeness (QED) is 0.812. The maximum absolute atomic E-state index is 6.17. The molecule has 0 spiro atoms. The molecule has 1 saturated carbocycles. The summed E-state index contributed by atoms with van der Waals surface area (Å²) in [6, 6.07) is 0.537. The van der Waals surface area contributed by atoms with Gasteiger partial charge in [-0.1, -0.05) is 0 Å². The third-order valence-corrected chi connectivity index (χ3v) is 3.94. The summed E-state index contributed by atoms with van der Waals surface area (Å²) < 4.78 is 2.12. The Labute approximate surface area is 96.4 Å². The number of likely N-dealkylation sites (tertiary alicyclic amines) is 1. The van der Waals surface area contributed by atoms with Crippen LogP contribution in [0.15, 0.2) is 12.4 Å². The molecular formula is C12H20N4. The van der Waals surface area contributed by atoms with E-state index in [1.165, 1.54) is 24.9 Å². The number of piperidine rings is 1. The van der Waals surface area contributed by atoms with Crippen LogP contribution in [0.1, 0.15) is 37.3 Å². The molecule has 2 fully saturated rings. The number of nitrogens with zero attached hydrogens (tertiary/aromatic N) is 3. The van der Waals surface area contributed by atoms with E-state index in [1.807, 2.05) is 6.20 Å². The molecular weight excluding hydrogens is 200 g/mol. The number of hydrogen-bond donors (Lipinski definition) is 1. The van der Waals surface area contributed by atoms with Gasteiger partial charge in [0.15, 0.2) is 0 Å². The Hall–Kier alpha value is -0.870. The summed E-state index contributed by atoms with van der Waals surface area (Å²) in [7, 11) is 2.18. The summed E-state index contributed by atoms with van der Waals surface area (Å²) >= 11 is 0. The fourth-order valence-electron chi connectivity index (χ4n) is 2.57. The largest absolute Gasteiger partial charge is 0.321 e. The fraction of sp³-hybridized carbons (Fsp3) is 0.750. The van der Waals surface area contributed by atoms with E-state index >= 15 is 0 Å². The van der Waals surface area contributed by atoms with E-state index in [1.54, 1.807) is 0 Å². The maximum Gasteiger partial charge on any atom is 0.0646 e. The number of nitrogens with two attached hydrogens (primary N) is 1. The van der Waals surface area contributed by atoms with Gasteiger partial charge >= 0.3 is 0 Å². The highest BCUT2D eigenvalue weighted by atomic mass is 15.3. The molecule has 1 aromatic rings. The predicted octanol–water partition coefficient (Wildman–Crippen LogP) is 1.10. The van der Waals surface area contributed by atoms with Crippen molar-refractivity contribution in [2.24, 2.45) is 5.73 Å². The van der Waals surface area contributed by atoms with Gasteiger partial charge in [0.05, 0.1) is 12.2 Å². The summed E-state index contributed by atoms with van der Waals surface area (Å²) in [5.74, 6) is 0. The predicted molar refractivity (Wildman–Crippen MR) is 63.1 cm³/mol. The van der Waals surface area contributed by atoms with Gasteiger partial charge in [-0.15, -0.1) is 0 Å². The van der Waals surface area contributed by atoms with Crippen molar-refractivity contribution in [3.63, 3.8) is 0 Å². The molecule has 1 saturated heterocycles. The third kappa shape index (κ3) is 1.76. The van der Waals surface area contributed by atoms with Crippen LogP contribution in [0.5, 0.6) is 0 Å². The van der Waals surface area contributed by atoms with Gasteiger partial charge in [-0.2, -0.15) is 5.10 Å². The molecule has 1 atom stereocenters. The van der Waals surface area contributed by atoms with Gasteiger partial charge in [0.1, 0.15) is 0 Å². The first kappa shape index (κ1) is 10.3. The van der Waals surface area contributed by atoms with Crippen LogP contribution in [-0.4, -0.2) is 34.8 Å². The molecule has 1 unspecified atom stereocenters. The van der Waals surface area contributed by atoms with Gasteiger partial charge in [-0.3, -0.25) is 4.68 Å². The van der Waals surface area contributed by atoms with Crippen LogP contribution >= 0.6 is 0 Å². The Kier molecular flexibility index (Phi) is 2.30. The smallest absolute Gasteiger partial charge is 0.0646 e. The number of rotatable bonds is 2. The van der Waals surface area contributed by atoms with E-state index in [9.17, 15) is 0 Å². The number of aromatic nitrogens is 2. The highest BCUT2D eigenvalue weighted by Crippen LogP contribution is 2.42. The van der Waals surface area contributed by atoms with Crippen molar-refractivity contribution in [1.82, 2.24) is 14.7 Å². The summed E-state index contributed by atoms with van der Waals surface area (Å²) in [4.78, 5) is 2.38. The van der Waals surface area contributed by atoms with Gasteiger partial charge in [0.25, 0.3) is 0 Å². The zero-order valence-corrected chi connectivity index (χ0v) is 9.89. The molecule has 2 N–H and O–H groups in total. The van der Waals surface area contributed by atoms with Gasteiger partial charge in [0, 0.05) is 23.8 Å². The van der Waals surface area contributed by atoms with Gasteiger partial charge < -0.3 is 10.6 Å². The molecule has 0 radical (unpaired) electrons. The molecule has 16 heavy (non-hydrogen) atoms. The van der Waals surface area contributed by atoms with Crippen LogP contribution in [0.2, 0.25) is 0 Å². The lowest BCUT2D eigenvalue weighted by Crippen LogP contribution is -2.33. The second-order valence-electron chi connectivity index (χ2n) is 5.42. The molecule has 4 heteroatoms. The van der Waals surface area contributed by atoms with E-state index in [-0.39, 0.29) is 5.54 Å². The van der Waals surface area contributed by atoms with Crippen LogP contribution < -0.4 is 5.73 Å². The van der Waals surface area contributed by atoms with Crippen molar-refractivity contribution in [2.45, 2.75) is 37.3 Å². The first-order chi connectivity index (χ1) is 7.67. The summed E-state index contributed by atoms with van der Waals surface area (Å²) in [6.45, 7) is 2.32. The molecule has 0 aromatic carbocycles. The molecule has 1 aliphatic carbocycles. The highest BCUT2D eigenvalue weighted by molar-refractivity contribution is 5.24. The normalized spacial score (nSPS) is 29.2. The van der Waals surface area contributed by atoms with E-state index in [0.717, 1.165) is 19.4 Å². The van der Waals surface area contributed by atoms with Crippen molar-refractivity contribution in [2.75, 3.05) is 20.1 Å². The lowest BCUT2D eigenvalue weighted by Gasteiger charge is -2.29. The van der Waals surface area contributed by atoms with Crippen molar-refractivity contribution < 1.29 is 0 Å². The Morgan fingerprint density at radius 2 is 2.31 bits per heavy atom. The van der Waals surface area contributed by atoms with Crippen LogP contribution in [0.25, 0.3) is 0 Å². The van der Waals surface area contributed by atoms with Gasteiger partial charge in [-0.05, 0) is 39.3 Å². The van der Waals surface area contributed by atoms with E-state index in [4.69, 9.17) is 5.73 Å². The molecule has 3 rings (SSSR count). The van der Waals surface area contributed by atoms with Crippen LogP contribution in [-0.2, 0) is 5.54 Å². The molecule has 2 aliphatic rings. The molecule has 88 valence electrons. The minimum Gasteiger partial charge on any atom is -0.321 e. The average Bonchev–Trinajstić information content (AvgIpc) is 2.83. The Morgan fingerprint density at radius 1 is 1.50 bits per heavy atom. The monoisotopic (exact) mass is 220 g/mol. The molecule has 1 aromatic heterocycles. The summed E-state index contributed by atoms with van der Waals surface area (Å²) in [5.41, 5.74) is 7.35. The minimum absolute atomic E-state index is 0.0428. The topological polar surface area (TPSA) is 47.1 Å². The Morgan fingerprint density at radius 3 is 3.00 bits per heavy atom. The summed E-state index contributed by atoms with van der Waals surface area (Å²) in [5, 5.41) is 4.49. The Bertz CT molecular complexity index is 380. The maximum atomic E-state index is 6.17. The molecule has 2 heterocycles. The zero-order valence-electron chi connectivity index (χ0n) is 9.89. The SMILES string of the molecule is CN1CCCC(n2cc(C3(N)CC3)cn2)C1. The molecule has 0 bridgehead atoms. The molecule has 1 aliphatic heterocycles. The minimum atomic E-state index is -0.0428. The van der Waals surface area contributed by atoms with Crippen LogP contribution in [0.4, 0.5) is 0 Å². The number of likely N-dealkylation sites (N-methyl/N-ethyl adjacent to an activating group) is 1. The van der Waals surface area contributed by atoms with Crippen LogP contribution in [0, 0.1) is 0 Å². The fourth-order valence-corrected chi connectivity index (χ4v) is 2.57. The average molecular weight is 220 g/mol. The summed E-state index contributed by atoms with van der Waals surface area (Å²) in [6.07, 6.45) is 8.86. The first-order valence-electron chi connectivity index (χ1n) is 6.19. The second kappa shape index (κ2) is 3.57. The van der Waals surface area contributed by atoms with Crippen molar-refractivity contribution in [3.05, 3.63) is 18.0 Å².